The van der Waals surface area contributed by atoms with Gasteiger partial charge in [0.05, 0.1) is 22.3 Å². The van der Waals surface area contributed by atoms with Gasteiger partial charge in [-0.2, -0.15) is 5.10 Å². The number of rotatable bonds is 3. The fraction of sp³-hybridized carbons (Fsp3) is 0.600. The Morgan fingerprint density at radius 1 is 1.75 bits per heavy atom. The van der Waals surface area contributed by atoms with Crippen LogP contribution in [0.15, 0.2) is 10.7 Å². The predicted molar refractivity (Wildman–Crippen MR) is 59.9 cm³/mol. The molecule has 1 fully saturated rings. The molecule has 0 unspecified atom stereocenters. The van der Waals surface area contributed by atoms with Gasteiger partial charge in [0.25, 0.3) is 0 Å². The lowest BCUT2D eigenvalue weighted by molar-refractivity contribution is -0.160. The van der Waals surface area contributed by atoms with Crippen molar-refractivity contribution < 1.29 is 15.0 Å². The first kappa shape index (κ1) is 11.6. The average Bonchev–Trinajstić information content (AvgIpc) is 2.54. The Morgan fingerprint density at radius 2 is 2.38 bits per heavy atom. The lowest BCUT2D eigenvalue weighted by Crippen LogP contribution is -2.46. The molecular formula is C10H13BrN2O3. The van der Waals surface area contributed by atoms with Crippen LogP contribution in [0, 0.1) is 5.92 Å². The highest BCUT2D eigenvalue weighted by Gasteiger charge is 2.50. The van der Waals surface area contributed by atoms with Crippen molar-refractivity contribution in [2.75, 3.05) is 0 Å². The van der Waals surface area contributed by atoms with Gasteiger partial charge < -0.3 is 10.2 Å². The fourth-order valence-corrected chi connectivity index (χ4v) is 2.85. The van der Waals surface area contributed by atoms with Gasteiger partial charge in [-0.1, -0.05) is 0 Å². The normalized spacial score (nSPS) is 28.8. The number of hydrogen-bond donors (Lipinski definition) is 2. The van der Waals surface area contributed by atoms with Gasteiger partial charge in [0.2, 0.25) is 0 Å². The van der Waals surface area contributed by atoms with Crippen molar-refractivity contribution >= 4 is 21.9 Å². The number of aliphatic hydroxyl groups is 1. The van der Waals surface area contributed by atoms with E-state index in [1.54, 1.807) is 10.9 Å². The quantitative estimate of drug-likeness (QED) is 0.880. The molecule has 1 aliphatic carbocycles. The van der Waals surface area contributed by atoms with E-state index in [4.69, 9.17) is 5.11 Å². The summed E-state index contributed by atoms with van der Waals surface area (Å²) < 4.78 is 2.43. The highest BCUT2D eigenvalue weighted by molar-refractivity contribution is 9.10. The monoisotopic (exact) mass is 288 g/mol. The Hall–Kier alpha value is -0.880. The second kappa shape index (κ2) is 3.85. The van der Waals surface area contributed by atoms with Crippen molar-refractivity contribution in [1.82, 2.24) is 9.78 Å². The lowest BCUT2D eigenvalue weighted by atomic mass is 9.69. The van der Waals surface area contributed by atoms with Crippen LogP contribution in [0.25, 0.3) is 0 Å². The molecule has 0 saturated heterocycles. The summed E-state index contributed by atoms with van der Waals surface area (Å²) in [6.07, 6.45) is 2.14. The van der Waals surface area contributed by atoms with E-state index in [1.165, 1.54) is 0 Å². The fourth-order valence-electron chi connectivity index (χ4n) is 2.19. The molecule has 1 saturated carbocycles. The third kappa shape index (κ3) is 1.66. The molecule has 1 aromatic rings. The van der Waals surface area contributed by atoms with Gasteiger partial charge in [0, 0.05) is 6.54 Å². The molecule has 1 aliphatic rings. The second-order valence-corrected chi connectivity index (χ2v) is 4.99. The van der Waals surface area contributed by atoms with E-state index in [1.807, 2.05) is 6.92 Å². The summed E-state index contributed by atoms with van der Waals surface area (Å²) in [6, 6.07) is 0. The van der Waals surface area contributed by atoms with Crippen LogP contribution in [0.5, 0.6) is 0 Å². The van der Waals surface area contributed by atoms with E-state index in [0.29, 0.717) is 12.2 Å². The highest BCUT2D eigenvalue weighted by Crippen LogP contribution is 2.47. The van der Waals surface area contributed by atoms with Crippen LogP contribution in [0.3, 0.4) is 0 Å². The first-order valence-electron chi connectivity index (χ1n) is 5.15. The third-order valence-electron chi connectivity index (χ3n) is 3.05. The Morgan fingerprint density at radius 3 is 2.88 bits per heavy atom. The Labute approximate surface area is 101 Å². The number of aliphatic carboxylic acids is 1. The number of nitrogens with zero attached hydrogens (tertiary/aromatic N) is 2. The van der Waals surface area contributed by atoms with Crippen LogP contribution in [0.1, 0.15) is 25.5 Å². The number of aromatic nitrogens is 2. The standard InChI is InChI=1S/C10H13BrN2O3/c1-2-13-8(7(11)5-12-13)10(16)3-6(4-10)9(14)15/h5-6,16H,2-4H2,1H3,(H,14,15). The minimum Gasteiger partial charge on any atom is -0.481 e. The second-order valence-electron chi connectivity index (χ2n) is 4.13. The number of carboxylic acids is 1. The first-order chi connectivity index (χ1) is 7.48. The highest BCUT2D eigenvalue weighted by atomic mass is 79.9. The van der Waals surface area contributed by atoms with E-state index in [0.717, 1.165) is 4.47 Å². The summed E-state index contributed by atoms with van der Waals surface area (Å²) in [5, 5.41) is 23.3. The molecule has 2 rings (SSSR count). The van der Waals surface area contributed by atoms with Crippen molar-refractivity contribution in [1.29, 1.82) is 0 Å². The molecule has 0 radical (unpaired) electrons. The third-order valence-corrected chi connectivity index (χ3v) is 3.63. The van der Waals surface area contributed by atoms with Gasteiger partial charge >= 0.3 is 5.97 Å². The van der Waals surface area contributed by atoms with Gasteiger partial charge in [0.1, 0.15) is 5.60 Å². The van der Waals surface area contributed by atoms with E-state index in [2.05, 4.69) is 21.0 Å². The van der Waals surface area contributed by atoms with Crippen LogP contribution in [-0.2, 0) is 16.9 Å². The molecule has 0 aromatic carbocycles. The minimum absolute atomic E-state index is 0.257. The maximum Gasteiger partial charge on any atom is 0.306 e. The van der Waals surface area contributed by atoms with Crippen LogP contribution in [-0.4, -0.2) is 26.0 Å². The maximum absolute atomic E-state index is 10.7. The van der Waals surface area contributed by atoms with Crippen molar-refractivity contribution in [3.05, 3.63) is 16.4 Å². The average molecular weight is 289 g/mol. The minimum atomic E-state index is -1.05. The van der Waals surface area contributed by atoms with E-state index >= 15 is 0 Å². The number of aryl methyl sites for hydroxylation is 1. The molecule has 1 aromatic heterocycles. The largest absolute Gasteiger partial charge is 0.481 e. The zero-order valence-electron chi connectivity index (χ0n) is 8.85. The molecule has 16 heavy (non-hydrogen) atoms. The number of carbonyl (C=O) groups is 1. The number of carboxylic acid groups (broad SMARTS) is 1. The summed E-state index contributed by atoms with van der Waals surface area (Å²) in [7, 11) is 0. The molecular weight excluding hydrogens is 276 g/mol. The molecule has 0 spiro atoms. The molecule has 1 heterocycles. The Kier molecular flexibility index (Phi) is 2.79. The molecule has 5 nitrogen and oxygen atoms in total. The predicted octanol–water partition coefficient (Wildman–Crippen LogP) is 1.35. The van der Waals surface area contributed by atoms with Crippen LogP contribution in [0.2, 0.25) is 0 Å². The smallest absolute Gasteiger partial charge is 0.306 e. The van der Waals surface area contributed by atoms with E-state index < -0.39 is 17.5 Å². The van der Waals surface area contributed by atoms with Crippen molar-refractivity contribution in [3.8, 4) is 0 Å². The molecule has 0 aliphatic heterocycles. The van der Waals surface area contributed by atoms with Crippen molar-refractivity contribution in [2.45, 2.75) is 31.9 Å². The van der Waals surface area contributed by atoms with Crippen LogP contribution < -0.4 is 0 Å². The summed E-state index contributed by atoms with van der Waals surface area (Å²) in [5.74, 6) is -1.29. The summed E-state index contributed by atoms with van der Waals surface area (Å²) in [6.45, 7) is 2.58. The Balaban J connectivity index is 2.25. The van der Waals surface area contributed by atoms with Gasteiger partial charge in [-0.15, -0.1) is 0 Å². The summed E-state index contributed by atoms with van der Waals surface area (Å²) >= 11 is 3.33. The zero-order chi connectivity index (χ0) is 11.9. The lowest BCUT2D eigenvalue weighted by Gasteiger charge is -2.41. The van der Waals surface area contributed by atoms with E-state index in [-0.39, 0.29) is 12.8 Å². The topological polar surface area (TPSA) is 75.3 Å². The van der Waals surface area contributed by atoms with Gasteiger partial charge in [0.15, 0.2) is 0 Å². The molecule has 88 valence electrons. The number of halogens is 1. The van der Waals surface area contributed by atoms with Crippen LogP contribution in [0.4, 0.5) is 0 Å². The molecule has 0 bridgehead atoms. The van der Waals surface area contributed by atoms with Crippen molar-refractivity contribution in [2.24, 2.45) is 5.92 Å². The van der Waals surface area contributed by atoms with Crippen LogP contribution >= 0.6 is 15.9 Å². The molecule has 6 heteroatoms. The SMILES string of the molecule is CCn1ncc(Br)c1C1(O)CC(C(=O)O)C1. The Bertz CT molecular complexity index is 424. The van der Waals surface area contributed by atoms with Crippen molar-refractivity contribution in [3.63, 3.8) is 0 Å². The molecule has 0 amide bonds. The first-order valence-corrected chi connectivity index (χ1v) is 5.94. The number of hydrogen-bond acceptors (Lipinski definition) is 3. The maximum atomic E-state index is 10.7. The summed E-state index contributed by atoms with van der Waals surface area (Å²) in [4.78, 5) is 10.7. The van der Waals surface area contributed by atoms with Gasteiger partial charge in [-0.05, 0) is 35.7 Å². The molecule has 2 N–H and O–H groups in total. The molecule has 0 atom stereocenters. The van der Waals surface area contributed by atoms with Gasteiger partial charge in [-0.25, -0.2) is 0 Å². The van der Waals surface area contributed by atoms with E-state index in [9.17, 15) is 9.90 Å². The van der Waals surface area contributed by atoms with Gasteiger partial charge in [-0.3, -0.25) is 9.48 Å². The summed E-state index contributed by atoms with van der Waals surface area (Å²) in [5.41, 5.74) is -0.360. The zero-order valence-corrected chi connectivity index (χ0v) is 10.4.